The van der Waals surface area contributed by atoms with Gasteiger partial charge in [-0.2, -0.15) is 26.3 Å². The Bertz CT molecular complexity index is 958. The van der Waals surface area contributed by atoms with Crippen LogP contribution in [0.5, 0.6) is 0 Å². The Morgan fingerprint density at radius 1 is 0.879 bits per heavy atom. The summed E-state index contributed by atoms with van der Waals surface area (Å²) in [6.45, 7) is 0.342. The van der Waals surface area contributed by atoms with E-state index in [1.807, 2.05) is 0 Å². The predicted molar refractivity (Wildman–Crippen MR) is 103 cm³/mol. The molecule has 2 aromatic heterocycles. The number of hydrogen-bond acceptors (Lipinski definition) is 7. The maximum atomic E-state index is 12.5. The molecule has 0 fully saturated rings. The van der Waals surface area contributed by atoms with Crippen LogP contribution in [0.4, 0.5) is 26.3 Å². The molecule has 184 valence electrons. The molecule has 13 heteroatoms. The number of halogens is 6. The Kier molecular flexibility index (Phi) is 9.86. The van der Waals surface area contributed by atoms with Gasteiger partial charge >= 0.3 is 12.4 Å². The lowest BCUT2D eigenvalue weighted by Crippen LogP contribution is -2.39. The lowest BCUT2D eigenvalue weighted by molar-refractivity contribution is -0.259. The van der Waals surface area contributed by atoms with Crippen molar-refractivity contribution in [2.24, 2.45) is 0 Å². The third-order valence-corrected chi connectivity index (χ3v) is 4.33. The molecule has 3 N–H and O–H groups in total. The minimum Gasteiger partial charge on any atom is -0.388 e. The van der Waals surface area contributed by atoms with E-state index in [0.717, 1.165) is 36.9 Å². The van der Waals surface area contributed by atoms with Gasteiger partial charge in [0.25, 0.3) is 0 Å². The van der Waals surface area contributed by atoms with E-state index in [-0.39, 0.29) is 18.6 Å². The Morgan fingerprint density at radius 3 is 1.70 bits per heavy atom. The van der Waals surface area contributed by atoms with Crippen molar-refractivity contribution in [1.29, 1.82) is 0 Å². The highest BCUT2D eigenvalue weighted by atomic mass is 19.4. The number of pyridine rings is 2. The van der Waals surface area contributed by atoms with E-state index in [2.05, 4.69) is 9.97 Å². The summed E-state index contributed by atoms with van der Waals surface area (Å²) >= 11 is 0. The molecule has 0 aromatic carbocycles. The van der Waals surface area contributed by atoms with Gasteiger partial charge in [-0.25, -0.2) is 0 Å². The van der Waals surface area contributed by atoms with Crippen molar-refractivity contribution in [3.63, 3.8) is 0 Å². The van der Waals surface area contributed by atoms with Crippen LogP contribution >= 0.6 is 0 Å². The Labute approximate surface area is 184 Å². The third kappa shape index (κ3) is 7.04. The standard InChI is InChI=1S/C10H10F3NO3.C9H8F3NO2.CH4/c1-9(17,10(11,12)13)7-2-6(3-14-4-7)8(16)5-15;1-8(15,9(10,11)12)7-2-6(5-14)3-13-4-7;/h2-4,15,17H,5H2,1H3;2-5,15H,1H3;1H4. The van der Waals surface area contributed by atoms with E-state index in [4.69, 9.17) is 5.11 Å². The lowest BCUT2D eigenvalue weighted by Gasteiger charge is -2.26. The molecule has 0 spiro atoms. The highest BCUT2D eigenvalue weighted by Gasteiger charge is 2.52. The highest BCUT2D eigenvalue weighted by molar-refractivity contribution is 5.96. The highest BCUT2D eigenvalue weighted by Crippen LogP contribution is 2.39. The number of aldehydes is 1. The summed E-state index contributed by atoms with van der Waals surface area (Å²) in [5.41, 5.74) is -7.31. The Morgan fingerprint density at radius 2 is 1.30 bits per heavy atom. The van der Waals surface area contributed by atoms with Crippen molar-refractivity contribution in [3.8, 4) is 0 Å². The van der Waals surface area contributed by atoms with Crippen LogP contribution in [-0.4, -0.2) is 56.3 Å². The van der Waals surface area contributed by atoms with Gasteiger partial charge in [-0.1, -0.05) is 7.43 Å². The summed E-state index contributed by atoms with van der Waals surface area (Å²) < 4.78 is 74.7. The molecule has 7 nitrogen and oxygen atoms in total. The van der Waals surface area contributed by atoms with E-state index in [1.54, 1.807) is 0 Å². The van der Waals surface area contributed by atoms with E-state index < -0.39 is 47.1 Å². The summed E-state index contributed by atoms with van der Waals surface area (Å²) in [6.07, 6.45) is -5.49. The lowest BCUT2D eigenvalue weighted by atomic mass is 9.95. The molecule has 2 unspecified atom stereocenters. The monoisotopic (exact) mass is 484 g/mol. The minimum atomic E-state index is -4.88. The molecule has 0 amide bonds. The molecule has 0 aliphatic rings. The topological polar surface area (TPSA) is 121 Å². The second-order valence-electron chi connectivity index (χ2n) is 6.81. The summed E-state index contributed by atoms with van der Waals surface area (Å²) in [5.74, 6) is -0.766. The van der Waals surface area contributed by atoms with Crippen LogP contribution in [0.15, 0.2) is 36.9 Å². The number of rotatable bonds is 5. The maximum absolute atomic E-state index is 12.5. The molecular weight excluding hydrogens is 462 g/mol. The second-order valence-corrected chi connectivity index (χ2v) is 6.81. The predicted octanol–water partition coefficient (Wildman–Crippen LogP) is 3.33. The SMILES string of the molecule is C.CC(O)(c1cncc(C(=O)CO)c1)C(F)(F)F.CC(O)(c1cncc(C=O)c1)C(F)(F)F. The van der Waals surface area contributed by atoms with Crippen LogP contribution in [0.1, 0.15) is 53.1 Å². The number of ketones is 1. The van der Waals surface area contributed by atoms with Gasteiger partial charge in [0, 0.05) is 47.0 Å². The molecule has 2 aromatic rings. The number of hydrogen-bond donors (Lipinski definition) is 3. The number of carbonyl (C=O) groups is 2. The van der Waals surface area contributed by atoms with Crippen LogP contribution in [0, 0.1) is 0 Å². The third-order valence-electron chi connectivity index (χ3n) is 4.33. The van der Waals surface area contributed by atoms with Gasteiger partial charge < -0.3 is 15.3 Å². The Hall–Kier alpha value is -2.90. The summed E-state index contributed by atoms with van der Waals surface area (Å²) in [7, 11) is 0. The largest absolute Gasteiger partial charge is 0.421 e. The molecule has 0 saturated heterocycles. The molecule has 2 rings (SSSR count). The van der Waals surface area contributed by atoms with Gasteiger partial charge in [-0.15, -0.1) is 0 Å². The molecule has 33 heavy (non-hydrogen) atoms. The smallest absolute Gasteiger partial charge is 0.388 e. The normalized spacial score (nSPS) is 15.1. The Balaban J connectivity index is 0.000000607. The number of Topliss-reactive ketones (excluding diaryl/α,β-unsaturated/α-hetero) is 1. The molecule has 2 atom stereocenters. The molecule has 0 bridgehead atoms. The van der Waals surface area contributed by atoms with Crippen LogP contribution in [0.2, 0.25) is 0 Å². The molecule has 0 aliphatic heterocycles. The first-order valence-electron chi connectivity index (χ1n) is 8.57. The first kappa shape index (κ1) is 30.1. The second kappa shape index (κ2) is 10.8. The molecule has 0 radical (unpaired) electrons. The zero-order valence-corrected chi connectivity index (χ0v) is 16.6. The number of aliphatic hydroxyl groups excluding tert-OH is 1. The molecule has 0 saturated carbocycles. The average molecular weight is 484 g/mol. The fourth-order valence-corrected chi connectivity index (χ4v) is 2.07. The fourth-order valence-electron chi connectivity index (χ4n) is 2.07. The summed E-state index contributed by atoms with van der Waals surface area (Å²) in [6, 6.07) is 1.81. The maximum Gasteiger partial charge on any atom is 0.421 e. The van der Waals surface area contributed by atoms with Crippen molar-refractivity contribution in [2.45, 2.75) is 44.8 Å². The van der Waals surface area contributed by atoms with E-state index in [1.165, 1.54) is 0 Å². The number of nitrogens with zero attached hydrogens (tertiary/aromatic N) is 2. The van der Waals surface area contributed by atoms with Gasteiger partial charge in [0.1, 0.15) is 6.61 Å². The van der Waals surface area contributed by atoms with Crippen molar-refractivity contribution in [3.05, 3.63) is 59.2 Å². The quantitative estimate of drug-likeness (QED) is 0.338. The number of alkyl halides is 6. The van der Waals surface area contributed by atoms with Crippen LogP contribution < -0.4 is 0 Å². The summed E-state index contributed by atoms with van der Waals surface area (Å²) in [4.78, 5) is 28.3. The zero-order valence-electron chi connectivity index (χ0n) is 16.6. The van der Waals surface area contributed by atoms with E-state index in [9.17, 15) is 46.1 Å². The molecule has 0 aliphatic carbocycles. The van der Waals surface area contributed by atoms with Crippen molar-refractivity contribution in [1.82, 2.24) is 9.97 Å². The minimum absolute atomic E-state index is 0. The number of aromatic nitrogens is 2. The van der Waals surface area contributed by atoms with Gasteiger partial charge in [0.2, 0.25) is 0 Å². The zero-order chi connectivity index (χ0) is 25.0. The molecular formula is C20H22F6N2O5. The summed E-state index contributed by atoms with van der Waals surface area (Å²) in [5, 5.41) is 27.2. The van der Waals surface area contributed by atoms with Crippen molar-refractivity contribution in [2.75, 3.05) is 6.61 Å². The van der Waals surface area contributed by atoms with Gasteiger partial charge in [0.15, 0.2) is 23.3 Å². The van der Waals surface area contributed by atoms with Gasteiger partial charge in [0.05, 0.1) is 0 Å². The van der Waals surface area contributed by atoms with E-state index in [0.29, 0.717) is 20.1 Å². The van der Waals surface area contributed by atoms with Gasteiger partial charge in [-0.3, -0.25) is 19.6 Å². The fraction of sp³-hybridized carbons (Fsp3) is 0.400. The van der Waals surface area contributed by atoms with Crippen LogP contribution in [0.3, 0.4) is 0 Å². The van der Waals surface area contributed by atoms with E-state index >= 15 is 0 Å². The number of aliphatic hydroxyl groups is 3. The van der Waals surface area contributed by atoms with Crippen LogP contribution in [0.25, 0.3) is 0 Å². The first-order valence-corrected chi connectivity index (χ1v) is 8.57. The van der Waals surface area contributed by atoms with Crippen molar-refractivity contribution < 1.29 is 51.3 Å². The number of carbonyl (C=O) groups excluding carboxylic acids is 2. The first-order chi connectivity index (χ1) is 14.5. The van der Waals surface area contributed by atoms with Crippen molar-refractivity contribution >= 4 is 12.1 Å². The van der Waals surface area contributed by atoms with Gasteiger partial charge in [-0.05, 0) is 26.0 Å². The average Bonchev–Trinajstić information content (AvgIpc) is 2.72. The van der Waals surface area contributed by atoms with Crippen LogP contribution in [-0.2, 0) is 11.2 Å². The molecule has 2 heterocycles.